The quantitative estimate of drug-likeness (QED) is 0.738. The van der Waals surface area contributed by atoms with Gasteiger partial charge < -0.3 is 4.74 Å². The molecule has 0 saturated heterocycles. The van der Waals surface area contributed by atoms with Gasteiger partial charge in [0.2, 0.25) is 0 Å². The zero-order chi connectivity index (χ0) is 16.3. The van der Waals surface area contributed by atoms with Gasteiger partial charge in [0.25, 0.3) is 0 Å². The van der Waals surface area contributed by atoms with Gasteiger partial charge in [-0.05, 0) is 62.1 Å². The Morgan fingerprint density at radius 1 is 0.864 bits per heavy atom. The van der Waals surface area contributed by atoms with E-state index < -0.39 is 0 Å². The first-order valence-electron chi connectivity index (χ1n) is 8.25. The van der Waals surface area contributed by atoms with E-state index in [0.29, 0.717) is 18.0 Å². The van der Waals surface area contributed by atoms with E-state index >= 15 is 0 Å². The van der Waals surface area contributed by atoms with Crippen LogP contribution in [0.1, 0.15) is 46.1 Å². The molecule has 0 radical (unpaired) electrons. The lowest BCUT2D eigenvalue weighted by Crippen LogP contribution is -2.39. The summed E-state index contributed by atoms with van der Waals surface area (Å²) in [5.74, 6) is 1.44. The third-order valence-electron chi connectivity index (χ3n) is 4.45. The van der Waals surface area contributed by atoms with Gasteiger partial charge in [0.05, 0.1) is 7.11 Å². The Kier molecular flexibility index (Phi) is 5.47. The van der Waals surface area contributed by atoms with Gasteiger partial charge in [0.15, 0.2) is 0 Å². The maximum atomic E-state index is 5.30. The van der Waals surface area contributed by atoms with Crippen LogP contribution in [-0.2, 0) is 0 Å². The summed E-state index contributed by atoms with van der Waals surface area (Å²) in [5, 5.41) is 2.52. The first-order valence-corrected chi connectivity index (χ1v) is 8.25. The Morgan fingerprint density at radius 3 is 2.05 bits per heavy atom. The molecular weight excluding hydrogens is 270 g/mol. The maximum absolute atomic E-state index is 5.30. The third kappa shape index (κ3) is 3.80. The van der Waals surface area contributed by atoms with Crippen molar-refractivity contribution < 1.29 is 4.74 Å². The lowest BCUT2D eigenvalue weighted by molar-refractivity contribution is 0.166. The third-order valence-corrected chi connectivity index (χ3v) is 4.45. The molecule has 0 amide bonds. The minimum atomic E-state index is 0.524. The molecule has 0 bridgehead atoms. The van der Waals surface area contributed by atoms with Crippen LogP contribution in [0, 0.1) is 0 Å². The van der Waals surface area contributed by atoms with Crippen LogP contribution in [-0.4, -0.2) is 30.6 Å². The summed E-state index contributed by atoms with van der Waals surface area (Å²) in [5.41, 5.74) is 1.41. The van der Waals surface area contributed by atoms with E-state index in [1.54, 1.807) is 7.11 Å². The summed E-state index contributed by atoms with van der Waals surface area (Å²) in [6, 6.07) is 14.2. The predicted molar refractivity (Wildman–Crippen MR) is 95.9 cm³/mol. The summed E-state index contributed by atoms with van der Waals surface area (Å²) < 4.78 is 5.30. The summed E-state index contributed by atoms with van der Waals surface area (Å²) in [4.78, 5) is 2.56. The number of methoxy groups -OCH3 is 1. The number of benzene rings is 2. The largest absolute Gasteiger partial charge is 0.497 e. The Hall–Kier alpha value is -1.54. The highest BCUT2D eigenvalue weighted by molar-refractivity contribution is 5.84. The Labute approximate surface area is 135 Å². The van der Waals surface area contributed by atoms with Crippen LogP contribution < -0.4 is 4.74 Å². The van der Waals surface area contributed by atoms with Crippen LogP contribution in [0.15, 0.2) is 36.4 Å². The Balaban J connectivity index is 2.22. The van der Waals surface area contributed by atoms with Gasteiger partial charge in [0, 0.05) is 18.6 Å². The number of nitrogens with zero attached hydrogens (tertiary/aromatic N) is 1. The van der Waals surface area contributed by atoms with Crippen molar-refractivity contribution in [3.63, 3.8) is 0 Å². The van der Waals surface area contributed by atoms with Crippen molar-refractivity contribution in [2.75, 3.05) is 13.7 Å². The molecule has 2 nitrogen and oxygen atoms in total. The Bertz CT molecular complexity index is 610. The van der Waals surface area contributed by atoms with Gasteiger partial charge in [-0.1, -0.05) is 31.2 Å². The molecule has 0 aliphatic heterocycles. The molecule has 1 atom stereocenters. The fourth-order valence-electron chi connectivity index (χ4n) is 3.12. The van der Waals surface area contributed by atoms with Crippen molar-refractivity contribution in [3.8, 4) is 5.75 Å². The van der Waals surface area contributed by atoms with Gasteiger partial charge >= 0.3 is 0 Å². The van der Waals surface area contributed by atoms with E-state index in [2.05, 4.69) is 69.9 Å². The Morgan fingerprint density at radius 2 is 1.45 bits per heavy atom. The van der Waals surface area contributed by atoms with Crippen LogP contribution in [0.5, 0.6) is 5.75 Å². The molecule has 0 heterocycles. The zero-order valence-electron chi connectivity index (χ0n) is 14.8. The summed E-state index contributed by atoms with van der Waals surface area (Å²) in [6.45, 7) is 12.5. The molecule has 2 aromatic rings. The molecule has 2 aromatic carbocycles. The van der Waals surface area contributed by atoms with Crippen molar-refractivity contribution in [2.45, 2.75) is 52.6 Å². The summed E-state index contributed by atoms with van der Waals surface area (Å²) in [7, 11) is 1.71. The minimum Gasteiger partial charge on any atom is -0.497 e. The topological polar surface area (TPSA) is 12.5 Å². The predicted octanol–water partition coefficient (Wildman–Crippen LogP) is 5.07. The number of rotatable bonds is 6. The van der Waals surface area contributed by atoms with Gasteiger partial charge in [-0.25, -0.2) is 0 Å². The standard InChI is InChI=1S/C20H29NO/c1-14(2)21(15(3)4)13-16(5)17-7-8-19-12-20(22-6)10-9-18(19)11-17/h7-12,14-16H,13H2,1-6H3. The lowest BCUT2D eigenvalue weighted by Gasteiger charge is -2.33. The minimum absolute atomic E-state index is 0.524. The van der Waals surface area contributed by atoms with Crippen molar-refractivity contribution in [2.24, 2.45) is 0 Å². The molecule has 2 rings (SSSR count). The molecule has 120 valence electrons. The maximum Gasteiger partial charge on any atom is 0.119 e. The smallest absolute Gasteiger partial charge is 0.119 e. The van der Waals surface area contributed by atoms with Crippen LogP contribution in [0.2, 0.25) is 0 Å². The second kappa shape index (κ2) is 7.15. The van der Waals surface area contributed by atoms with E-state index in [0.717, 1.165) is 12.3 Å². The highest BCUT2D eigenvalue weighted by atomic mass is 16.5. The zero-order valence-corrected chi connectivity index (χ0v) is 14.8. The molecule has 2 heteroatoms. The van der Waals surface area contributed by atoms with Crippen molar-refractivity contribution >= 4 is 10.8 Å². The highest BCUT2D eigenvalue weighted by Crippen LogP contribution is 2.26. The van der Waals surface area contributed by atoms with E-state index in [-0.39, 0.29) is 0 Å². The highest BCUT2D eigenvalue weighted by Gasteiger charge is 2.17. The van der Waals surface area contributed by atoms with Crippen LogP contribution in [0.25, 0.3) is 10.8 Å². The fraction of sp³-hybridized carbons (Fsp3) is 0.500. The molecule has 0 aromatic heterocycles. The van der Waals surface area contributed by atoms with Gasteiger partial charge in [-0.3, -0.25) is 4.90 Å². The number of ether oxygens (including phenoxy) is 1. The molecular formula is C20H29NO. The monoisotopic (exact) mass is 299 g/mol. The molecule has 22 heavy (non-hydrogen) atoms. The molecule has 0 spiro atoms. The van der Waals surface area contributed by atoms with Gasteiger partial charge in [-0.15, -0.1) is 0 Å². The normalized spacial score (nSPS) is 13.3. The van der Waals surface area contributed by atoms with E-state index in [4.69, 9.17) is 4.74 Å². The van der Waals surface area contributed by atoms with E-state index in [1.165, 1.54) is 16.3 Å². The SMILES string of the molecule is COc1ccc2cc(C(C)CN(C(C)C)C(C)C)ccc2c1. The van der Waals surface area contributed by atoms with Crippen LogP contribution >= 0.6 is 0 Å². The summed E-state index contributed by atoms with van der Waals surface area (Å²) >= 11 is 0. The fourth-order valence-corrected chi connectivity index (χ4v) is 3.12. The van der Waals surface area contributed by atoms with E-state index in [9.17, 15) is 0 Å². The molecule has 0 N–H and O–H groups in total. The van der Waals surface area contributed by atoms with E-state index in [1.807, 2.05) is 6.07 Å². The average molecular weight is 299 g/mol. The molecule has 1 unspecified atom stereocenters. The van der Waals surface area contributed by atoms with Crippen molar-refractivity contribution in [1.29, 1.82) is 0 Å². The number of fused-ring (bicyclic) bond motifs is 1. The molecule has 0 aliphatic carbocycles. The number of hydrogen-bond acceptors (Lipinski definition) is 2. The number of hydrogen-bond donors (Lipinski definition) is 0. The van der Waals surface area contributed by atoms with Gasteiger partial charge in [-0.2, -0.15) is 0 Å². The van der Waals surface area contributed by atoms with Crippen LogP contribution in [0.4, 0.5) is 0 Å². The van der Waals surface area contributed by atoms with Crippen LogP contribution in [0.3, 0.4) is 0 Å². The molecule has 0 saturated carbocycles. The average Bonchev–Trinajstić information content (AvgIpc) is 2.50. The van der Waals surface area contributed by atoms with Gasteiger partial charge in [0.1, 0.15) is 5.75 Å². The molecule has 0 aliphatic rings. The second-order valence-corrected chi connectivity index (χ2v) is 6.76. The summed E-state index contributed by atoms with van der Waals surface area (Å²) in [6.07, 6.45) is 0. The van der Waals surface area contributed by atoms with Crippen molar-refractivity contribution in [3.05, 3.63) is 42.0 Å². The first-order chi connectivity index (χ1) is 10.4. The second-order valence-electron chi connectivity index (χ2n) is 6.76. The van der Waals surface area contributed by atoms with Crippen molar-refractivity contribution in [1.82, 2.24) is 4.90 Å². The first kappa shape index (κ1) is 16.8. The molecule has 0 fully saturated rings. The lowest BCUT2D eigenvalue weighted by atomic mass is 9.96.